The molecule has 0 bridgehead atoms. The molecule has 5 nitrogen and oxygen atoms in total. The maximum absolute atomic E-state index is 10.5. The van der Waals surface area contributed by atoms with Crippen LogP contribution in [0.1, 0.15) is 12.5 Å². The van der Waals surface area contributed by atoms with E-state index in [0.29, 0.717) is 5.56 Å². The molecule has 0 fully saturated rings. The zero-order valence-corrected chi connectivity index (χ0v) is 8.38. The summed E-state index contributed by atoms with van der Waals surface area (Å²) in [6.07, 6.45) is 0. The Bertz CT molecular complexity index is 360. The van der Waals surface area contributed by atoms with Crippen molar-refractivity contribution in [3.63, 3.8) is 0 Å². The van der Waals surface area contributed by atoms with Gasteiger partial charge >= 0.3 is 0 Å². The van der Waals surface area contributed by atoms with Crippen LogP contribution in [0.5, 0.6) is 0 Å². The van der Waals surface area contributed by atoms with E-state index in [2.05, 4.69) is 0 Å². The summed E-state index contributed by atoms with van der Waals surface area (Å²) in [6.45, 7) is 1.13. The quantitative estimate of drug-likeness (QED) is 0.571. The largest absolute Gasteiger partial charge is 0.395 e. The van der Waals surface area contributed by atoms with Gasteiger partial charge in [0.1, 0.15) is 0 Å². The Hall–Kier alpha value is -1.46. The van der Waals surface area contributed by atoms with Gasteiger partial charge in [-0.25, -0.2) is 0 Å². The van der Waals surface area contributed by atoms with E-state index in [1.54, 1.807) is 13.0 Å². The number of hydrogen-bond donors (Lipinski definition) is 2. The molecule has 0 amide bonds. The molecule has 0 spiro atoms. The van der Waals surface area contributed by atoms with Crippen LogP contribution in [0.2, 0.25) is 0 Å². The molecule has 0 aromatic heterocycles. The fraction of sp³-hybridized carbons (Fsp3) is 0.400. The van der Waals surface area contributed by atoms with Crippen LogP contribution in [0.3, 0.4) is 0 Å². The van der Waals surface area contributed by atoms with Gasteiger partial charge in [0.05, 0.1) is 18.1 Å². The Morgan fingerprint density at radius 2 is 2.00 bits per heavy atom. The third-order valence-electron chi connectivity index (χ3n) is 2.45. The van der Waals surface area contributed by atoms with Gasteiger partial charge in [-0.05, 0) is 5.56 Å². The van der Waals surface area contributed by atoms with Gasteiger partial charge in [-0.1, -0.05) is 19.1 Å². The number of benzene rings is 1. The van der Waals surface area contributed by atoms with Gasteiger partial charge in [-0.3, -0.25) is 10.1 Å². The monoisotopic (exact) mass is 211 g/mol. The molecule has 1 rings (SSSR count). The summed E-state index contributed by atoms with van der Waals surface area (Å²) in [6, 6.07) is 5.93. The second kappa shape index (κ2) is 4.37. The van der Waals surface area contributed by atoms with Gasteiger partial charge in [-0.15, -0.1) is 0 Å². The molecule has 0 aliphatic heterocycles. The summed E-state index contributed by atoms with van der Waals surface area (Å²) >= 11 is 0. The second-order valence-electron chi connectivity index (χ2n) is 3.68. The molecule has 1 aromatic rings. The molecule has 0 saturated carbocycles. The number of nitro groups is 1. The van der Waals surface area contributed by atoms with Gasteiger partial charge in [0.2, 0.25) is 0 Å². The summed E-state index contributed by atoms with van der Waals surface area (Å²) in [5, 5.41) is 28.8. The molecule has 1 aromatic carbocycles. The lowest BCUT2D eigenvalue weighted by Crippen LogP contribution is -2.30. The lowest BCUT2D eigenvalue weighted by atomic mass is 9.84. The summed E-state index contributed by atoms with van der Waals surface area (Å²) < 4.78 is 0. The highest BCUT2D eigenvalue weighted by Crippen LogP contribution is 2.25. The van der Waals surface area contributed by atoms with Crippen molar-refractivity contribution < 1.29 is 15.1 Å². The van der Waals surface area contributed by atoms with Gasteiger partial charge in [0, 0.05) is 17.5 Å². The summed E-state index contributed by atoms with van der Waals surface area (Å²) in [5.41, 5.74) is -0.325. The molecule has 5 heteroatoms. The molecule has 0 atom stereocenters. The van der Waals surface area contributed by atoms with Crippen molar-refractivity contribution in [1.82, 2.24) is 0 Å². The predicted octanol–water partition coefficient (Wildman–Crippen LogP) is 0.837. The first-order valence-electron chi connectivity index (χ1n) is 4.50. The van der Waals surface area contributed by atoms with E-state index in [9.17, 15) is 10.1 Å². The Kier molecular flexibility index (Phi) is 3.39. The minimum absolute atomic E-state index is 0.0411. The summed E-state index contributed by atoms with van der Waals surface area (Å²) in [5.74, 6) is 0. The topological polar surface area (TPSA) is 83.6 Å². The van der Waals surface area contributed by atoms with E-state index in [4.69, 9.17) is 10.2 Å². The average molecular weight is 211 g/mol. The normalized spacial score (nSPS) is 11.4. The first-order chi connectivity index (χ1) is 7.03. The van der Waals surface area contributed by atoms with Crippen LogP contribution < -0.4 is 0 Å². The molecule has 2 N–H and O–H groups in total. The molecular formula is C10H13NO4. The Labute approximate surface area is 87.1 Å². The zero-order chi connectivity index (χ0) is 11.5. The number of rotatable bonds is 4. The number of hydrogen-bond acceptors (Lipinski definition) is 4. The third kappa shape index (κ3) is 2.31. The van der Waals surface area contributed by atoms with Crippen LogP contribution >= 0.6 is 0 Å². The molecule has 0 unspecified atom stereocenters. The first-order valence-corrected chi connectivity index (χ1v) is 4.50. The minimum Gasteiger partial charge on any atom is -0.395 e. The van der Waals surface area contributed by atoms with Crippen molar-refractivity contribution in [3.05, 3.63) is 39.9 Å². The van der Waals surface area contributed by atoms with Crippen LogP contribution in [-0.2, 0) is 5.41 Å². The Balaban J connectivity index is 3.14. The van der Waals surface area contributed by atoms with Crippen molar-refractivity contribution >= 4 is 5.69 Å². The van der Waals surface area contributed by atoms with Crippen molar-refractivity contribution in [3.8, 4) is 0 Å². The van der Waals surface area contributed by atoms with Crippen molar-refractivity contribution in [2.24, 2.45) is 0 Å². The molecule has 0 heterocycles. The van der Waals surface area contributed by atoms with E-state index in [-0.39, 0.29) is 18.9 Å². The number of aliphatic hydroxyl groups excluding tert-OH is 2. The van der Waals surface area contributed by atoms with E-state index in [1.807, 2.05) is 0 Å². The van der Waals surface area contributed by atoms with Crippen molar-refractivity contribution in [2.75, 3.05) is 13.2 Å². The van der Waals surface area contributed by atoms with Gasteiger partial charge in [0.25, 0.3) is 5.69 Å². The molecule has 0 radical (unpaired) electrons. The lowest BCUT2D eigenvalue weighted by molar-refractivity contribution is -0.385. The average Bonchev–Trinajstić information content (AvgIpc) is 2.28. The second-order valence-corrected chi connectivity index (χ2v) is 3.68. The highest BCUT2D eigenvalue weighted by atomic mass is 16.6. The van der Waals surface area contributed by atoms with Gasteiger partial charge < -0.3 is 10.2 Å². The van der Waals surface area contributed by atoms with Crippen molar-refractivity contribution in [2.45, 2.75) is 12.3 Å². The standard InChI is InChI=1S/C10H13NO4/c1-10(6-12,7-13)8-3-2-4-9(5-8)11(14)15/h2-5,12-13H,6-7H2,1H3. The van der Waals surface area contributed by atoms with Gasteiger partial charge in [0.15, 0.2) is 0 Å². The van der Waals surface area contributed by atoms with Crippen LogP contribution in [0.15, 0.2) is 24.3 Å². The highest BCUT2D eigenvalue weighted by molar-refractivity contribution is 5.38. The van der Waals surface area contributed by atoms with E-state index in [1.165, 1.54) is 18.2 Å². The van der Waals surface area contributed by atoms with E-state index in [0.717, 1.165) is 0 Å². The van der Waals surface area contributed by atoms with Gasteiger partial charge in [-0.2, -0.15) is 0 Å². The first kappa shape index (κ1) is 11.6. The van der Waals surface area contributed by atoms with Crippen LogP contribution in [0.25, 0.3) is 0 Å². The smallest absolute Gasteiger partial charge is 0.269 e. The summed E-state index contributed by atoms with van der Waals surface area (Å²) in [4.78, 5) is 10.0. The van der Waals surface area contributed by atoms with Crippen LogP contribution in [0, 0.1) is 10.1 Å². The fourth-order valence-electron chi connectivity index (χ4n) is 1.23. The number of nitrogens with zero attached hydrogens (tertiary/aromatic N) is 1. The van der Waals surface area contributed by atoms with Crippen LogP contribution in [0.4, 0.5) is 5.69 Å². The Morgan fingerprint density at radius 3 is 2.47 bits per heavy atom. The number of nitro benzene ring substituents is 1. The van der Waals surface area contributed by atoms with E-state index >= 15 is 0 Å². The lowest BCUT2D eigenvalue weighted by Gasteiger charge is -2.24. The predicted molar refractivity (Wildman–Crippen MR) is 54.6 cm³/mol. The Morgan fingerprint density at radius 1 is 1.40 bits per heavy atom. The maximum atomic E-state index is 10.5. The fourth-order valence-corrected chi connectivity index (χ4v) is 1.23. The number of non-ortho nitro benzene ring substituents is 1. The molecule has 82 valence electrons. The molecule has 15 heavy (non-hydrogen) atoms. The highest BCUT2D eigenvalue weighted by Gasteiger charge is 2.26. The van der Waals surface area contributed by atoms with E-state index < -0.39 is 10.3 Å². The van der Waals surface area contributed by atoms with Crippen LogP contribution in [-0.4, -0.2) is 28.4 Å². The molecular weight excluding hydrogens is 198 g/mol. The molecule has 0 aliphatic carbocycles. The minimum atomic E-state index is -0.841. The summed E-state index contributed by atoms with van der Waals surface area (Å²) in [7, 11) is 0. The van der Waals surface area contributed by atoms with Crippen molar-refractivity contribution in [1.29, 1.82) is 0 Å². The third-order valence-corrected chi connectivity index (χ3v) is 2.45. The maximum Gasteiger partial charge on any atom is 0.269 e. The molecule has 0 saturated heterocycles. The zero-order valence-electron chi connectivity index (χ0n) is 8.38. The SMILES string of the molecule is CC(CO)(CO)c1cccc([N+](=O)[O-])c1. The number of aliphatic hydroxyl groups is 2. The molecule has 0 aliphatic rings.